The van der Waals surface area contributed by atoms with Gasteiger partial charge in [-0.05, 0) is 29.7 Å². The molecule has 4 heteroatoms. The molecule has 0 aliphatic heterocycles. The number of urea groups is 1. The molecule has 2 aromatic carbocycles. The van der Waals surface area contributed by atoms with Crippen molar-refractivity contribution in [1.29, 1.82) is 0 Å². The first-order valence-corrected chi connectivity index (χ1v) is 7.44. The van der Waals surface area contributed by atoms with E-state index in [1.54, 1.807) is 0 Å². The Kier molecular flexibility index (Phi) is 4.11. The van der Waals surface area contributed by atoms with Crippen molar-refractivity contribution in [2.24, 2.45) is 0 Å². The highest BCUT2D eigenvalue weighted by Gasteiger charge is 2.39. The van der Waals surface area contributed by atoms with Crippen LogP contribution in [0.5, 0.6) is 0 Å². The van der Waals surface area contributed by atoms with Crippen molar-refractivity contribution in [3.63, 3.8) is 0 Å². The number of amides is 2. The molecule has 2 amide bonds. The summed E-state index contributed by atoms with van der Waals surface area (Å²) < 4.78 is 0. The lowest BCUT2D eigenvalue weighted by Crippen LogP contribution is -2.36. The van der Waals surface area contributed by atoms with Crippen molar-refractivity contribution >= 4 is 17.6 Å². The largest absolute Gasteiger partial charge is 0.335 e. The monoisotopic (exact) mass is 300 g/mol. The van der Waals surface area contributed by atoms with Crippen LogP contribution in [0.15, 0.2) is 54.6 Å². The van der Waals surface area contributed by atoms with Crippen LogP contribution in [0.1, 0.15) is 23.5 Å². The van der Waals surface area contributed by atoms with E-state index in [-0.39, 0.29) is 12.1 Å². The third-order valence-electron chi connectivity index (χ3n) is 3.70. The summed E-state index contributed by atoms with van der Waals surface area (Å²) in [5, 5.41) is 6.58. The molecular formula is C17H17ClN2O. The summed E-state index contributed by atoms with van der Waals surface area (Å²) in [6.07, 6.45) is 1.01. The molecule has 0 spiro atoms. The van der Waals surface area contributed by atoms with Gasteiger partial charge in [0.15, 0.2) is 0 Å². The third-order valence-corrected chi connectivity index (χ3v) is 3.95. The fourth-order valence-corrected chi connectivity index (χ4v) is 2.55. The van der Waals surface area contributed by atoms with Crippen molar-refractivity contribution in [3.05, 3.63) is 70.7 Å². The van der Waals surface area contributed by atoms with E-state index in [4.69, 9.17) is 11.6 Å². The van der Waals surface area contributed by atoms with Crippen LogP contribution in [0.4, 0.5) is 4.79 Å². The van der Waals surface area contributed by atoms with E-state index in [2.05, 4.69) is 22.8 Å². The molecule has 1 aliphatic rings. The summed E-state index contributed by atoms with van der Waals surface area (Å²) >= 11 is 5.83. The zero-order valence-electron chi connectivity index (χ0n) is 11.6. The predicted molar refractivity (Wildman–Crippen MR) is 84.4 cm³/mol. The summed E-state index contributed by atoms with van der Waals surface area (Å²) in [7, 11) is 0. The lowest BCUT2D eigenvalue weighted by molar-refractivity contribution is 0.240. The van der Waals surface area contributed by atoms with Gasteiger partial charge in [0.25, 0.3) is 0 Å². The van der Waals surface area contributed by atoms with Gasteiger partial charge in [0.2, 0.25) is 0 Å². The predicted octanol–water partition coefficient (Wildman–Crippen LogP) is 3.70. The van der Waals surface area contributed by atoms with Crippen LogP contribution in [0.25, 0.3) is 0 Å². The van der Waals surface area contributed by atoms with Gasteiger partial charge >= 0.3 is 6.03 Å². The minimum Gasteiger partial charge on any atom is -0.335 e. The van der Waals surface area contributed by atoms with Crippen LogP contribution in [-0.2, 0) is 6.54 Å². The highest BCUT2D eigenvalue weighted by atomic mass is 35.5. The van der Waals surface area contributed by atoms with E-state index < -0.39 is 0 Å². The van der Waals surface area contributed by atoms with E-state index in [9.17, 15) is 4.79 Å². The van der Waals surface area contributed by atoms with Gasteiger partial charge in [-0.2, -0.15) is 0 Å². The Balaban J connectivity index is 1.44. The Bertz CT molecular complexity index is 612. The molecular weight excluding hydrogens is 284 g/mol. The number of nitrogens with one attached hydrogen (secondary N) is 2. The number of hydrogen-bond donors (Lipinski definition) is 2. The number of carbonyl (C=O) groups is 1. The third kappa shape index (κ3) is 3.76. The first kappa shape index (κ1) is 14.0. The Labute approximate surface area is 129 Å². The van der Waals surface area contributed by atoms with Crippen molar-refractivity contribution in [2.45, 2.75) is 24.9 Å². The lowest BCUT2D eigenvalue weighted by atomic mass is 10.1. The fraction of sp³-hybridized carbons (Fsp3) is 0.235. The smallest absolute Gasteiger partial charge is 0.315 e. The maximum Gasteiger partial charge on any atom is 0.315 e. The highest BCUT2D eigenvalue weighted by molar-refractivity contribution is 6.30. The Morgan fingerprint density at radius 1 is 1.10 bits per heavy atom. The molecule has 3 rings (SSSR count). The molecule has 0 saturated heterocycles. The quantitative estimate of drug-likeness (QED) is 0.888. The van der Waals surface area contributed by atoms with Gasteiger partial charge in [0.1, 0.15) is 0 Å². The summed E-state index contributed by atoms with van der Waals surface area (Å²) in [4.78, 5) is 11.9. The van der Waals surface area contributed by atoms with Gasteiger partial charge in [-0.15, -0.1) is 0 Å². The summed E-state index contributed by atoms with van der Waals surface area (Å²) in [5.74, 6) is 0.451. The average Bonchev–Trinajstić information content (AvgIpc) is 3.27. The minimum atomic E-state index is -0.117. The van der Waals surface area contributed by atoms with Crippen LogP contribution < -0.4 is 10.6 Å². The molecule has 0 aromatic heterocycles. The Morgan fingerprint density at radius 2 is 1.81 bits per heavy atom. The van der Waals surface area contributed by atoms with Crippen molar-refractivity contribution in [3.8, 4) is 0 Å². The molecule has 0 bridgehead atoms. The molecule has 1 saturated carbocycles. The molecule has 108 valence electrons. The molecule has 3 nitrogen and oxygen atoms in total. The van der Waals surface area contributed by atoms with Crippen molar-refractivity contribution in [2.75, 3.05) is 0 Å². The van der Waals surface area contributed by atoms with Gasteiger partial charge in [0, 0.05) is 23.5 Å². The topological polar surface area (TPSA) is 41.1 Å². The second kappa shape index (κ2) is 6.19. The van der Waals surface area contributed by atoms with Crippen molar-refractivity contribution < 1.29 is 4.79 Å². The van der Waals surface area contributed by atoms with Gasteiger partial charge in [-0.1, -0.05) is 54.1 Å². The number of rotatable bonds is 4. The van der Waals surface area contributed by atoms with Crippen LogP contribution >= 0.6 is 11.6 Å². The second-order valence-corrected chi connectivity index (χ2v) is 5.75. The number of hydrogen-bond acceptors (Lipinski definition) is 1. The molecule has 21 heavy (non-hydrogen) atoms. The zero-order chi connectivity index (χ0) is 14.7. The average molecular weight is 301 g/mol. The van der Waals surface area contributed by atoms with E-state index in [1.807, 2.05) is 42.5 Å². The summed E-state index contributed by atoms with van der Waals surface area (Å²) in [6.45, 7) is 0.506. The highest BCUT2D eigenvalue weighted by Crippen LogP contribution is 2.40. The standard InChI is InChI=1S/C17H17ClN2O/c18-14-8-6-12(7-9-14)11-19-17(21)20-16-10-15(16)13-4-2-1-3-5-13/h1-9,15-16H,10-11H2,(H2,19,20,21). The molecule has 1 aliphatic carbocycles. The molecule has 2 aromatic rings. The molecule has 2 atom stereocenters. The van der Waals surface area contributed by atoms with Gasteiger partial charge in [-0.25, -0.2) is 4.79 Å². The summed E-state index contributed by atoms with van der Waals surface area (Å²) in [6, 6.07) is 17.9. The molecule has 2 N–H and O–H groups in total. The SMILES string of the molecule is O=C(NCc1ccc(Cl)cc1)NC1CC1c1ccccc1. The zero-order valence-corrected chi connectivity index (χ0v) is 12.3. The van der Waals surface area contributed by atoms with E-state index >= 15 is 0 Å². The van der Waals surface area contributed by atoms with Crippen LogP contribution in [0.3, 0.4) is 0 Å². The van der Waals surface area contributed by atoms with Gasteiger partial charge in [-0.3, -0.25) is 0 Å². The first-order chi connectivity index (χ1) is 10.2. The maximum absolute atomic E-state index is 11.9. The second-order valence-electron chi connectivity index (χ2n) is 5.31. The van der Waals surface area contributed by atoms with E-state index in [0.717, 1.165) is 12.0 Å². The van der Waals surface area contributed by atoms with Crippen LogP contribution in [-0.4, -0.2) is 12.1 Å². The molecule has 2 unspecified atom stereocenters. The molecule has 0 heterocycles. The normalized spacial score (nSPS) is 19.9. The maximum atomic E-state index is 11.9. The number of halogens is 1. The fourth-order valence-electron chi connectivity index (χ4n) is 2.43. The minimum absolute atomic E-state index is 0.117. The summed E-state index contributed by atoms with van der Waals surface area (Å²) in [5.41, 5.74) is 2.32. The van der Waals surface area contributed by atoms with Gasteiger partial charge in [0.05, 0.1) is 0 Å². The molecule has 0 radical (unpaired) electrons. The Hall–Kier alpha value is -2.00. The van der Waals surface area contributed by atoms with Crippen molar-refractivity contribution in [1.82, 2.24) is 10.6 Å². The Morgan fingerprint density at radius 3 is 2.52 bits per heavy atom. The van der Waals surface area contributed by atoms with E-state index in [1.165, 1.54) is 5.56 Å². The lowest BCUT2D eigenvalue weighted by Gasteiger charge is -2.07. The first-order valence-electron chi connectivity index (χ1n) is 7.06. The van der Waals surface area contributed by atoms with E-state index in [0.29, 0.717) is 17.5 Å². The number of benzene rings is 2. The van der Waals surface area contributed by atoms with Crippen LogP contribution in [0.2, 0.25) is 5.02 Å². The van der Waals surface area contributed by atoms with Crippen LogP contribution in [0, 0.1) is 0 Å². The van der Waals surface area contributed by atoms with Gasteiger partial charge < -0.3 is 10.6 Å². The number of carbonyl (C=O) groups excluding carboxylic acids is 1. The molecule has 1 fully saturated rings.